The van der Waals surface area contributed by atoms with E-state index in [4.69, 9.17) is 30.5 Å². The molecule has 1 heterocycles. The maximum absolute atomic E-state index is 10.1. The van der Waals surface area contributed by atoms with Crippen molar-refractivity contribution in [3.8, 4) is 22.3 Å². The molecule has 0 fully saturated rings. The molecule has 0 aliphatic carbocycles. The van der Waals surface area contributed by atoms with Gasteiger partial charge in [0.1, 0.15) is 11.2 Å². The van der Waals surface area contributed by atoms with Crippen molar-refractivity contribution in [2.24, 2.45) is 0 Å². The van der Waals surface area contributed by atoms with E-state index >= 15 is 0 Å². The van der Waals surface area contributed by atoms with Gasteiger partial charge >= 0.3 is 0 Å². The van der Waals surface area contributed by atoms with Gasteiger partial charge in [-0.15, -0.1) is 0 Å². The van der Waals surface area contributed by atoms with Crippen molar-refractivity contribution < 1.29 is 44.2 Å². The highest BCUT2D eigenvalue weighted by atomic mass is 16.3. The Hall–Kier alpha value is -6.70. The Morgan fingerprint density at radius 1 is 0.423 bits per heavy atom. The van der Waals surface area contributed by atoms with Gasteiger partial charge in [0.15, 0.2) is 0 Å². The largest absolute Gasteiger partial charge is 0.455 e. The van der Waals surface area contributed by atoms with Crippen LogP contribution >= 0.6 is 0 Å². The standard InChI is InChI=1S/C51H32O/c1-3-18-38-32(12-1)26-27-34-14-10-24-39(48(34)38)35-15-9-16-36(30-35)49-43-22-7-5-20-41(43)46(42-21-6-8-23-44(42)49)31-37-17-11-25-47-50(37)45-29-28-33-13-2-4-19-40(33)51(45)52-47/h1-30H,31H2/i1D,2D,3D,4D,5D,6D,7D,8D,9D,10D,11D,12D,13D,14D,16D,17D,18D,19D,20D,21D,22D,23D,24D,25D,26D,27D,28D,29D,30D. The number of benzene rings is 10. The Labute approximate surface area is 341 Å². The van der Waals surface area contributed by atoms with Crippen LogP contribution in [0, 0.1) is 0 Å². The van der Waals surface area contributed by atoms with Crippen molar-refractivity contribution >= 4 is 75.8 Å². The van der Waals surface area contributed by atoms with Crippen molar-refractivity contribution in [3.05, 3.63) is 192 Å². The Morgan fingerprint density at radius 2 is 1.04 bits per heavy atom. The average Bonchev–Trinajstić information content (AvgIpc) is 4.02. The van der Waals surface area contributed by atoms with Crippen molar-refractivity contribution in [1.29, 1.82) is 0 Å². The molecule has 0 aliphatic heterocycles. The van der Waals surface area contributed by atoms with Gasteiger partial charge in [-0.05, 0) is 106 Å². The number of hydrogen-bond acceptors (Lipinski definition) is 1. The third-order valence-corrected chi connectivity index (χ3v) is 8.98. The second-order valence-corrected chi connectivity index (χ2v) is 11.7. The molecule has 11 aromatic rings. The molecule has 0 saturated heterocycles. The summed E-state index contributed by atoms with van der Waals surface area (Å²) in [6.45, 7) is 0. The Morgan fingerprint density at radius 3 is 1.83 bits per heavy atom. The summed E-state index contributed by atoms with van der Waals surface area (Å²) in [6.07, 6.45) is -0.887. The van der Waals surface area contributed by atoms with E-state index in [1.807, 2.05) is 0 Å². The van der Waals surface area contributed by atoms with Crippen molar-refractivity contribution in [2.45, 2.75) is 6.42 Å². The molecule has 0 spiro atoms. The Kier molecular flexibility index (Phi) is 2.75. The summed E-state index contributed by atoms with van der Waals surface area (Å²) in [4.78, 5) is 0. The molecule has 1 aromatic heterocycles. The molecule has 0 unspecified atom stereocenters. The highest BCUT2D eigenvalue weighted by Crippen LogP contribution is 2.44. The topological polar surface area (TPSA) is 13.1 Å². The fourth-order valence-electron chi connectivity index (χ4n) is 6.78. The molecular formula is C51H32O. The summed E-state index contributed by atoms with van der Waals surface area (Å²) in [5.74, 6) is 0. The van der Waals surface area contributed by atoms with E-state index < -0.39 is 274 Å². The molecule has 1 heteroatoms. The molecule has 0 N–H and O–H groups in total. The summed E-state index contributed by atoms with van der Waals surface area (Å²) in [5.41, 5.74) is -4.49. The molecule has 0 saturated carbocycles. The number of rotatable bonds is 4. The summed E-state index contributed by atoms with van der Waals surface area (Å²) in [7, 11) is 0. The molecule has 1 nitrogen and oxygen atoms in total. The predicted octanol–water partition coefficient (Wildman–Crippen LogP) is 14.3. The van der Waals surface area contributed by atoms with E-state index in [0.717, 1.165) is 6.07 Å². The van der Waals surface area contributed by atoms with Gasteiger partial charge in [-0.25, -0.2) is 0 Å². The zero-order valence-electron chi connectivity index (χ0n) is 55.2. The fraction of sp³-hybridized carbons (Fsp3) is 0.0196. The smallest absolute Gasteiger partial charge is 0.143 e. The first kappa shape index (κ1) is 12.5. The number of fused-ring (bicyclic) bond motifs is 10. The summed E-state index contributed by atoms with van der Waals surface area (Å²) >= 11 is 0. The minimum Gasteiger partial charge on any atom is -0.455 e. The van der Waals surface area contributed by atoms with E-state index in [2.05, 4.69) is 0 Å². The third kappa shape index (κ3) is 4.36. The van der Waals surface area contributed by atoms with Crippen molar-refractivity contribution in [2.75, 3.05) is 0 Å². The van der Waals surface area contributed by atoms with Crippen LogP contribution in [0.15, 0.2) is 186 Å². The van der Waals surface area contributed by atoms with Gasteiger partial charge in [0.25, 0.3) is 0 Å². The van der Waals surface area contributed by atoms with Crippen molar-refractivity contribution in [3.63, 3.8) is 0 Å². The zero-order chi connectivity index (χ0) is 59.4. The molecule has 0 amide bonds. The Balaban J connectivity index is 1.36. The van der Waals surface area contributed by atoms with Crippen LogP contribution in [-0.4, -0.2) is 0 Å². The van der Waals surface area contributed by atoms with Gasteiger partial charge in [-0.1, -0.05) is 163 Å². The van der Waals surface area contributed by atoms with E-state index in [1.54, 1.807) is 0 Å². The molecule has 0 aliphatic rings. The van der Waals surface area contributed by atoms with Gasteiger partial charge in [0.2, 0.25) is 0 Å². The van der Waals surface area contributed by atoms with Crippen LogP contribution in [0.5, 0.6) is 0 Å². The second-order valence-electron chi connectivity index (χ2n) is 11.7. The fourth-order valence-corrected chi connectivity index (χ4v) is 6.78. The van der Waals surface area contributed by atoms with E-state index in [0.29, 0.717) is 0 Å². The first-order valence-electron chi connectivity index (χ1n) is 30.2. The molecule has 242 valence electrons. The summed E-state index contributed by atoms with van der Waals surface area (Å²) in [6, 6.07) is -23.6. The lowest BCUT2D eigenvalue weighted by atomic mass is 9.85. The van der Waals surface area contributed by atoms with Gasteiger partial charge < -0.3 is 4.42 Å². The Bertz CT molecular complexity index is 4810. The molecule has 0 atom stereocenters. The number of furan rings is 1. The maximum Gasteiger partial charge on any atom is 0.143 e. The van der Waals surface area contributed by atoms with E-state index in [1.165, 1.54) is 0 Å². The van der Waals surface area contributed by atoms with Crippen LogP contribution in [-0.2, 0) is 6.42 Å². The SMILES string of the molecule is [2H]c1cc(-c2c([2H])c([2H])c([2H])c3c([2H])c([2H])c4c([2H])c([2H])c([2H])c([2H])c4c23)c([2H])c(-c2c3c([2H])c([2H])c([2H])c([2H])c3c(Cc3c([2H])c([2H])c([2H])c4oc5c6c([2H])c([2H])c([2H])c([2H])c6c([2H])c([2H])c5c34)c3c([2H])c([2H])c([2H])c([2H])c23)c1[2H]. The highest BCUT2D eigenvalue weighted by Gasteiger charge is 2.19. The van der Waals surface area contributed by atoms with Crippen LogP contribution in [0.1, 0.15) is 50.9 Å². The molecule has 10 aromatic carbocycles. The summed E-state index contributed by atoms with van der Waals surface area (Å²) < 4.78 is 269. The lowest BCUT2D eigenvalue weighted by Crippen LogP contribution is -1.96. The third-order valence-electron chi connectivity index (χ3n) is 8.98. The highest BCUT2D eigenvalue weighted by molar-refractivity contribution is 6.19. The minimum atomic E-state index is -0.964. The van der Waals surface area contributed by atoms with Gasteiger partial charge in [0, 0.05) is 16.2 Å². The second kappa shape index (κ2) is 11.4. The average molecular weight is 690 g/mol. The quantitative estimate of drug-likeness (QED) is 0.132. The van der Waals surface area contributed by atoms with E-state index in [9.17, 15) is 13.7 Å². The minimum absolute atomic E-state index is 0.346. The molecule has 52 heavy (non-hydrogen) atoms. The first-order chi connectivity index (χ1) is 37.9. The van der Waals surface area contributed by atoms with Crippen LogP contribution < -0.4 is 0 Å². The van der Waals surface area contributed by atoms with Crippen LogP contribution in [0.2, 0.25) is 0 Å². The van der Waals surface area contributed by atoms with Gasteiger partial charge in [-0.2, -0.15) is 0 Å². The molecule has 0 radical (unpaired) electrons. The summed E-state index contributed by atoms with van der Waals surface area (Å²) in [5, 5.41) is -6.18. The van der Waals surface area contributed by atoms with Crippen molar-refractivity contribution in [1.82, 2.24) is 0 Å². The van der Waals surface area contributed by atoms with Crippen LogP contribution in [0.3, 0.4) is 0 Å². The van der Waals surface area contributed by atoms with Gasteiger partial charge in [0.05, 0.1) is 39.8 Å². The predicted molar refractivity (Wildman–Crippen MR) is 221 cm³/mol. The lowest BCUT2D eigenvalue weighted by molar-refractivity contribution is 0.672. The molecule has 11 rings (SSSR count). The number of hydrogen-bond donors (Lipinski definition) is 0. The normalized spacial score (nSPS) is 19.7. The monoisotopic (exact) mass is 689 g/mol. The van der Waals surface area contributed by atoms with Crippen LogP contribution in [0.25, 0.3) is 98.1 Å². The zero-order valence-corrected chi connectivity index (χ0v) is 26.2. The maximum atomic E-state index is 10.1. The first-order valence-corrected chi connectivity index (χ1v) is 15.7. The van der Waals surface area contributed by atoms with Crippen LogP contribution in [0.4, 0.5) is 0 Å². The van der Waals surface area contributed by atoms with E-state index in [-0.39, 0.29) is 16.3 Å². The molecular weight excluding hydrogens is 629 g/mol. The van der Waals surface area contributed by atoms with Gasteiger partial charge in [-0.3, -0.25) is 0 Å². The lowest BCUT2D eigenvalue weighted by Gasteiger charge is -2.18. The molecule has 0 bridgehead atoms.